The quantitative estimate of drug-likeness (QED) is 0.518. The molecule has 2 aromatic rings. The van der Waals surface area contributed by atoms with Crippen molar-refractivity contribution in [2.24, 2.45) is 10.2 Å². The van der Waals surface area contributed by atoms with Crippen molar-refractivity contribution in [3.63, 3.8) is 0 Å². The van der Waals surface area contributed by atoms with E-state index in [1.807, 2.05) is 49.1 Å². The number of carbonyl (C=O) groups is 3. The fraction of sp³-hybridized carbons (Fsp3) is 0.393. The van der Waals surface area contributed by atoms with Crippen LogP contribution < -0.4 is 15.4 Å². The molecule has 39 heavy (non-hydrogen) atoms. The molecule has 1 unspecified atom stereocenters. The molecule has 5 rings (SSSR count). The van der Waals surface area contributed by atoms with Crippen molar-refractivity contribution in [1.82, 2.24) is 15.5 Å². The van der Waals surface area contributed by atoms with Gasteiger partial charge in [-0.15, -0.1) is 5.10 Å². The molecule has 11 nitrogen and oxygen atoms in total. The zero-order valence-corrected chi connectivity index (χ0v) is 22.8. The molecule has 2 N–H and O–H groups in total. The molecule has 4 heterocycles. The van der Waals surface area contributed by atoms with Crippen LogP contribution in [0.5, 0.6) is 5.75 Å². The lowest BCUT2D eigenvalue weighted by Gasteiger charge is -2.16. The van der Waals surface area contributed by atoms with Gasteiger partial charge in [0.15, 0.2) is 5.54 Å². The molecule has 3 aliphatic heterocycles. The third-order valence-corrected chi connectivity index (χ3v) is 6.71. The van der Waals surface area contributed by atoms with E-state index in [1.165, 1.54) is 0 Å². The Morgan fingerprint density at radius 1 is 1.18 bits per heavy atom. The molecule has 1 fully saturated rings. The highest BCUT2D eigenvalue weighted by Crippen LogP contribution is 2.30. The minimum Gasteiger partial charge on any atom is -0.497 e. The van der Waals surface area contributed by atoms with Crippen LogP contribution in [0.3, 0.4) is 0 Å². The number of rotatable bonds is 7. The Bertz CT molecular complexity index is 1370. The summed E-state index contributed by atoms with van der Waals surface area (Å²) in [6, 6.07) is 6.92. The number of furan rings is 1. The highest BCUT2D eigenvalue weighted by Gasteiger charge is 2.46. The van der Waals surface area contributed by atoms with E-state index in [2.05, 4.69) is 20.8 Å². The largest absolute Gasteiger partial charge is 0.497 e. The first kappa shape index (κ1) is 27.6. The average molecular weight is 536 g/mol. The molecule has 1 saturated heterocycles. The summed E-state index contributed by atoms with van der Waals surface area (Å²) in [5, 5.41) is 12.8. The third kappa shape index (κ3) is 5.87. The van der Waals surface area contributed by atoms with Gasteiger partial charge in [-0.1, -0.05) is 25.1 Å². The van der Waals surface area contributed by atoms with Crippen LogP contribution in [0.1, 0.15) is 67.1 Å². The van der Waals surface area contributed by atoms with Gasteiger partial charge in [-0.25, -0.2) is 4.79 Å². The second-order valence-corrected chi connectivity index (χ2v) is 9.40. The normalized spacial score (nSPS) is 20.0. The van der Waals surface area contributed by atoms with Gasteiger partial charge in [0.25, 0.3) is 11.8 Å². The zero-order chi connectivity index (χ0) is 28.2. The smallest absolute Gasteiger partial charge is 0.322 e. The number of allylic oxidation sites excluding steroid dienone is 1. The van der Waals surface area contributed by atoms with E-state index in [9.17, 15) is 14.4 Å². The Labute approximate surface area is 226 Å². The van der Waals surface area contributed by atoms with Gasteiger partial charge in [-0.3, -0.25) is 14.9 Å². The van der Waals surface area contributed by atoms with Crippen molar-refractivity contribution in [3.8, 4) is 5.75 Å². The number of urea groups is 1. The third-order valence-electron chi connectivity index (χ3n) is 6.71. The van der Waals surface area contributed by atoms with Gasteiger partial charge in [-0.05, 0) is 37.6 Å². The first-order valence-electron chi connectivity index (χ1n) is 12.8. The van der Waals surface area contributed by atoms with Crippen LogP contribution in [0.25, 0.3) is 6.08 Å². The Hall–Kier alpha value is -4.41. The van der Waals surface area contributed by atoms with Crippen molar-refractivity contribution in [3.05, 3.63) is 58.6 Å². The molecule has 1 aromatic carbocycles. The topological polar surface area (TPSA) is 135 Å². The number of hydrogen-bond acceptors (Lipinski definition) is 8. The Morgan fingerprint density at radius 3 is 2.59 bits per heavy atom. The first-order chi connectivity index (χ1) is 18.7. The van der Waals surface area contributed by atoms with E-state index in [0.717, 1.165) is 47.0 Å². The fourth-order valence-corrected chi connectivity index (χ4v) is 4.35. The van der Waals surface area contributed by atoms with Gasteiger partial charge in [-0.2, -0.15) is 5.10 Å². The van der Waals surface area contributed by atoms with Crippen molar-refractivity contribution in [1.29, 1.82) is 0 Å². The zero-order valence-electron chi connectivity index (χ0n) is 22.8. The summed E-state index contributed by atoms with van der Waals surface area (Å²) in [6.07, 6.45) is 5.13. The molecular formula is C28H33N5O6. The molecule has 206 valence electrons. The predicted molar refractivity (Wildman–Crippen MR) is 146 cm³/mol. The summed E-state index contributed by atoms with van der Waals surface area (Å²) >= 11 is 0. The van der Waals surface area contributed by atoms with Crippen LogP contribution in [-0.4, -0.2) is 54.6 Å². The number of aryl methyl sites for hydroxylation is 1. The number of nitrogens with zero attached hydrogens (tertiary/aromatic N) is 3. The minimum absolute atomic E-state index is 0.112. The number of benzene rings is 1. The maximum atomic E-state index is 12.0. The maximum Gasteiger partial charge on any atom is 0.322 e. The lowest BCUT2D eigenvalue weighted by molar-refractivity contribution is -0.124. The molecule has 1 atom stereocenters. The van der Waals surface area contributed by atoms with Crippen molar-refractivity contribution >= 4 is 35.5 Å². The number of methoxy groups -OCH3 is 1. The summed E-state index contributed by atoms with van der Waals surface area (Å²) in [4.78, 5) is 37.1. The van der Waals surface area contributed by atoms with E-state index < -0.39 is 17.5 Å². The summed E-state index contributed by atoms with van der Waals surface area (Å²) < 4.78 is 16.2. The Balaban J connectivity index is 0.000000212. The van der Waals surface area contributed by atoms with Crippen molar-refractivity contribution < 1.29 is 28.3 Å². The number of imide groups is 1. The van der Waals surface area contributed by atoms with E-state index >= 15 is 0 Å². The lowest BCUT2D eigenvalue weighted by Crippen LogP contribution is -2.40. The highest BCUT2D eigenvalue weighted by atomic mass is 16.5. The summed E-state index contributed by atoms with van der Waals surface area (Å²) in [5.74, 6) is 2.15. The van der Waals surface area contributed by atoms with Gasteiger partial charge in [0.2, 0.25) is 5.90 Å². The number of nitrogens with one attached hydrogen (secondary N) is 2. The molecule has 3 aliphatic rings. The molecule has 0 saturated carbocycles. The SMILES string of the molecule is CCN1Cc2ccc(OC)cc2C1=O.CCc1oc(C2(C)NC(=O)NC2=O)cc1/C=C\CC1=NN=C(C)OC1. The van der Waals surface area contributed by atoms with Crippen LogP contribution in [0, 0.1) is 0 Å². The summed E-state index contributed by atoms with van der Waals surface area (Å²) in [7, 11) is 1.61. The van der Waals surface area contributed by atoms with E-state index in [4.69, 9.17) is 13.9 Å². The number of ether oxygens (including phenoxy) is 2. The second kappa shape index (κ2) is 11.5. The monoisotopic (exact) mass is 535 g/mol. The van der Waals surface area contributed by atoms with Crippen molar-refractivity contribution in [2.75, 3.05) is 20.3 Å². The van der Waals surface area contributed by atoms with Gasteiger partial charge >= 0.3 is 6.03 Å². The molecule has 0 aliphatic carbocycles. The molecule has 4 amide bonds. The number of fused-ring (bicyclic) bond motifs is 1. The molecule has 0 bridgehead atoms. The van der Waals surface area contributed by atoms with Crippen LogP contribution in [0.15, 0.2) is 45.0 Å². The standard InChI is InChI=1S/C17H20N4O4.C11H13NO2/c1-4-13-11(6-5-7-12-9-24-10(2)20-21-12)8-14(25-13)17(3)15(22)18-16(23)19-17;1-3-12-7-8-4-5-9(14-2)6-10(8)11(12)13/h5-6,8H,4,7,9H2,1-3H3,(H2,18,19,22,23);4-6H,3,7H2,1-2H3/b6-5-;. The Kier molecular flexibility index (Phi) is 8.18. The minimum atomic E-state index is -1.19. The molecule has 11 heteroatoms. The number of amides is 4. The predicted octanol–water partition coefficient (Wildman–Crippen LogP) is 3.78. The van der Waals surface area contributed by atoms with Gasteiger partial charge < -0.3 is 24.1 Å². The van der Waals surface area contributed by atoms with Crippen LogP contribution >= 0.6 is 0 Å². The van der Waals surface area contributed by atoms with Crippen molar-refractivity contribution in [2.45, 2.75) is 52.6 Å². The van der Waals surface area contributed by atoms with Gasteiger partial charge in [0, 0.05) is 44.0 Å². The highest BCUT2D eigenvalue weighted by molar-refractivity contribution is 6.07. The van der Waals surface area contributed by atoms with Gasteiger partial charge in [0.05, 0.1) is 12.8 Å². The average Bonchev–Trinajstić information content (AvgIpc) is 3.58. The lowest BCUT2D eigenvalue weighted by atomic mass is 9.99. The van der Waals surface area contributed by atoms with Crippen LogP contribution in [0.4, 0.5) is 4.79 Å². The summed E-state index contributed by atoms with van der Waals surface area (Å²) in [5.41, 5.74) is 2.38. The fourth-order valence-electron chi connectivity index (χ4n) is 4.35. The first-order valence-corrected chi connectivity index (χ1v) is 12.8. The van der Waals surface area contributed by atoms with E-state index in [-0.39, 0.29) is 5.91 Å². The van der Waals surface area contributed by atoms with Gasteiger partial charge in [0.1, 0.15) is 23.9 Å². The molecule has 1 aromatic heterocycles. The molecular weight excluding hydrogens is 502 g/mol. The van der Waals surface area contributed by atoms with E-state index in [0.29, 0.717) is 31.1 Å². The Morgan fingerprint density at radius 2 is 1.97 bits per heavy atom. The summed E-state index contributed by atoms with van der Waals surface area (Å²) in [6.45, 7) is 9.25. The van der Waals surface area contributed by atoms with Crippen LogP contribution in [0.2, 0.25) is 0 Å². The van der Waals surface area contributed by atoms with Crippen LogP contribution in [-0.2, 0) is 28.0 Å². The second-order valence-electron chi connectivity index (χ2n) is 9.40. The molecule has 0 radical (unpaired) electrons. The molecule has 0 spiro atoms. The number of carbonyl (C=O) groups excluding carboxylic acids is 3. The maximum absolute atomic E-state index is 12.0. The van der Waals surface area contributed by atoms with E-state index in [1.54, 1.807) is 27.0 Å². The number of hydrogen-bond donors (Lipinski definition) is 2.